The summed E-state index contributed by atoms with van der Waals surface area (Å²) in [6.45, 7) is 6.01. The summed E-state index contributed by atoms with van der Waals surface area (Å²) in [7, 11) is -4.28. The van der Waals surface area contributed by atoms with E-state index >= 15 is 0 Å². The summed E-state index contributed by atoms with van der Waals surface area (Å²) in [6, 6.07) is 27.8. The average Bonchev–Trinajstić information content (AvgIpc) is 3.68. The second kappa shape index (κ2) is 13.7. The van der Waals surface area contributed by atoms with E-state index in [4.69, 9.17) is 9.73 Å². The molecule has 0 N–H and O–H groups in total. The quantitative estimate of drug-likeness (QED) is 0.0985. The molecule has 7 rings (SSSR count). The van der Waals surface area contributed by atoms with Gasteiger partial charge in [-0.3, -0.25) is 19.5 Å². The van der Waals surface area contributed by atoms with E-state index in [2.05, 4.69) is 13.8 Å². The summed E-state index contributed by atoms with van der Waals surface area (Å²) in [5.41, 5.74) is 3.07. The minimum Gasteiger partial charge on any atom is -0.463 e. The Labute approximate surface area is 302 Å². The smallest absolute Gasteiger partial charge is 0.338 e. The number of nitro benzene ring substituents is 1. The Balaban J connectivity index is 1.46. The number of non-ortho nitro benzene ring substituents is 1. The molecule has 0 aliphatic carbocycles. The maximum atomic E-state index is 14.5. The van der Waals surface area contributed by atoms with Crippen LogP contribution in [0.3, 0.4) is 0 Å². The van der Waals surface area contributed by atoms with Crippen LogP contribution in [-0.4, -0.2) is 34.5 Å². The molecule has 4 aromatic carbocycles. The zero-order chi connectivity index (χ0) is 36.7. The Morgan fingerprint density at radius 1 is 1.00 bits per heavy atom. The first-order chi connectivity index (χ1) is 25.0. The zero-order valence-electron chi connectivity index (χ0n) is 28.3. The van der Waals surface area contributed by atoms with Crippen LogP contribution in [0.5, 0.6) is 0 Å². The van der Waals surface area contributed by atoms with Crippen LogP contribution >= 0.6 is 11.3 Å². The number of benzene rings is 4. The van der Waals surface area contributed by atoms with Crippen molar-refractivity contribution < 1.29 is 22.9 Å². The van der Waals surface area contributed by atoms with E-state index in [1.165, 1.54) is 29.0 Å². The van der Waals surface area contributed by atoms with Crippen molar-refractivity contribution in [1.29, 1.82) is 0 Å². The summed E-state index contributed by atoms with van der Waals surface area (Å²) >= 11 is 1.12. The van der Waals surface area contributed by atoms with Crippen molar-refractivity contribution in [3.63, 3.8) is 0 Å². The fraction of sp³-hybridized carbons (Fsp3) is 0.154. The Morgan fingerprint density at radius 3 is 2.40 bits per heavy atom. The summed E-state index contributed by atoms with van der Waals surface area (Å²) in [5, 5.41) is 12.0. The van der Waals surface area contributed by atoms with E-state index in [0.29, 0.717) is 38.1 Å². The van der Waals surface area contributed by atoms with Crippen LogP contribution < -0.4 is 14.9 Å². The number of nitrogens with zero attached hydrogens (tertiary/aromatic N) is 4. The van der Waals surface area contributed by atoms with Crippen LogP contribution in [0.25, 0.3) is 22.7 Å². The Hall–Kier alpha value is -5.92. The maximum Gasteiger partial charge on any atom is 0.338 e. The molecule has 0 radical (unpaired) electrons. The number of fused-ring (bicyclic) bond motifs is 2. The van der Waals surface area contributed by atoms with Crippen molar-refractivity contribution in [3.8, 4) is 0 Å². The summed E-state index contributed by atoms with van der Waals surface area (Å²) in [6.07, 6.45) is 3.01. The number of para-hydroxylation sites is 1. The van der Waals surface area contributed by atoms with Gasteiger partial charge in [0.05, 0.1) is 43.8 Å². The summed E-state index contributed by atoms with van der Waals surface area (Å²) in [5.74, 6) is -0.328. The lowest BCUT2D eigenvalue weighted by Crippen LogP contribution is -2.40. The number of ether oxygens (including phenoxy) is 1. The Morgan fingerprint density at radius 2 is 1.71 bits per heavy atom. The minimum absolute atomic E-state index is 0.122. The van der Waals surface area contributed by atoms with E-state index in [0.717, 1.165) is 26.9 Å². The van der Waals surface area contributed by atoms with Crippen molar-refractivity contribution in [2.45, 2.75) is 37.6 Å². The molecule has 13 heteroatoms. The molecular formula is C39H32N4O7S2. The van der Waals surface area contributed by atoms with E-state index in [-0.39, 0.29) is 33.2 Å². The number of carbonyl (C=O) groups is 1. The highest BCUT2D eigenvalue weighted by Crippen LogP contribution is 2.36. The van der Waals surface area contributed by atoms with Crippen LogP contribution in [0, 0.1) is 10.1 Å². The molecule has 11 nitrogen and oxygen atoms in total. The summed E-state index contributed by atoms with van der Waals surface area (Å²) in [4.78, 5) is 44.1. The molecule has 262 valence electrons. The zero-order valence-corrected chi connectivity index (χ0v) is 29.9. The SMILES string of the molecule is CCOC(=O)C1=C(c2ccccc2)N=c2s/c(=C\c3cn(S(=O)(=O)c4cccc([N+](=O)[O-])c4)c4ccccc34)c(=O)n2[C@@H]1c1ccc(C(C)C)cc1. The number of hydrogen-bond donors (Lipinski definition) is 0. The molecular weight excluding hydrogens is 701 g/mol. The number of hydrogen-bond acceptors (Lipinski definition) is 9. The van der Waals surface area contributed by atoms with Crippen molar-refractivity contribution in [2.24, 2.45) is 4.99 Å². The predicted octanol–water partition coefficient (Wildman–Crippen LogP) is 6.16. The number of aromatic nitrogens is 2. The number of rotatable bonds is 9. The van der Waals surface area contributed by atoms with Gasteiger partial charge in [-0.05, 0) is 42.2 Å². The van der Waals surface area contributed by atoms with Gasteiger partial charge in [-0.2, -0.15) is 0 Å². The fourth-order valence-electron chi connectivity index (χ4n) is 6.32. The Kier molecular flexibility index (Phi) is 9.07. The molecule has 2 aromatic heterocycles. The molecule has 1 atom stereocenters. The van der Waals surface area contributed by atoms with Gasteiger partial charge in [-0.15, -0.1) is 0 Å². The lowest BCUT2D eigenvalue weighted by Gasteiger charge is -2.26. The van der Waals surface area contributed by atoms with Crippen LogP contribution in [-0.2, 0) is 19.6 Å². The highest BCUT2D eigenvalue weighted by atomic mass is 32.2. The standard InChI is InChI=1S/C39H32N4O7S2/c1-4-50-38(45)34-35(26-11-6-5-7-12-26)40-39-42(36(34)27-19-17-25(18-20-27)24(2)3)37(44)33(51-39)21-28-23-41(32-16-9-8-15-31(28)32)52(48,49)30-14-10-13-29(22-30)43(46)47/h5-24,36H,4H2,1-3H3/b33-21-/t36-/m1/s1. The van der Waals surface area contributed by atoms with E-state index in [1.54, 1.807) is 37.3 Å². The van der Waals surface area contributed by atoms with Gasteiger partial charge in [-0.25, -0.2) is 22.2 Å². The third-order valence-electron chi connectivity index (χ3n) is 8.87. The number of thiazole rings is 1. The van der Waals surface area contributed by atoms with Crippen LogP contribution in [0.15, 0.2) is 130 Å². The third kappa shape index (κ3) is 6.07. The topological polar surface area (TPSA) is 143 Å². The lowest BCUT2D eigenvalue weighted by molar-refractivity contribution is -0.385. The van der Waals surface area contributed by atoms with E-state index in [9.17, 15) is 28.1 Å². The van der Waals surface area contributed by atoms with Gasteiger partial charge in [0.25, 0.3) is 21.3 Å². The second-order valence-corrected chi connectivity index (χ2v) is 15.2. The monoisotopic (exact) mass is 732 g/mol. The lowest BCUT2D eigenvalue weighted by atomic mass is 9.91. The van der Waals surface area contributed by atoms with Crippen LogP contribution in [0.1, 0.15) is 55.0 Å². The van der Waals surface area contributed by atoms with E-state index in [1.807, 2.05) is 54.6 Å². The van der Waals surface area contributed by atoms with Gasteiger partial charge in [0.2, 0.25) is 0 Å². The number of esters is 1. The number of nitro groups is 1. The highest BCUT2D eigenvalue weighted by Gasteiger charge is 2.35. The predicted molar refractivity (Wildman–Crippen MR) is 199 cm³/mol. The second-order valence-electron chi connectivity index (χ2n) is 12.4. The fourth-order valence-corrected chi connectivity index (χ4v) is 8.73. The van der Waals surface area contributed by atoms with Gasteiger partial charge >= 0.3 is 5.97 Å². The maximum absolute atomic E-state index is 14.5. The van der Waals surface area contributed by atoms with Gasteiger partial charge in [0.15, 0.2) is 4.80 Å². The normalized spacial score (nSPS) is 14.8. The molecule has 1 aliphatic heterocycles. The first kappa shape index (κ1) is 34.5. The molecule has 3 heterocycles. The van der Waals surface area contributed by atoms with Gasteiger partial charge in [0.1, 0.15) is 0 Å². The van der Waals surface area contributed by atoms with Gasteiger partial charge in [-0.1, -0.05) is 104 Å². The van der Waals surface area contributed by atoms with E-state index < -0.39 is 32.5 Å². The molecule has 1 aliphatic rings. The molecule has 0 saturated carbocycles. The first-order valence-electron chi connectivity index (χ1n) is 16.5. The number of carbonyl (C=O) groups excluding carboxylic acids is 1. The molecule has 0 unspecified atom stereocenters. The van der Waals surface area contributed by atoms with Gasteiger partial charge in [0, 0.05) is 34.8 Å². The minimum atomic E-state index is -4.28. The highest BCUT2D eigenvalue weighted by molar-refractivity contribution is 7.90. The van der Waals surface area contributed by atoms with Crippen molar-refractivity contribution in [3.05, 3.63) is 167 Å². The first-order valence-corrected chi connectivity index (χ1v) is 18.7. The summed E-state index contributed by atoms with van der Waals surface area (Å²) < 4.78 is 36.2. The molecule has 6 aromatic rings. The third-order valence-corrected chi connectivity index (χ3v) is 11.5. The Bertz CT molecular complexity index is 2710. The van der Waals surface area contributed by atoms with Crippen molar-refractivity contribution >= 4 is 55.7 Å². The molecule has 0 fully saturated rings. The molecule has 0 spiro atoms. The molecule has 0 bridgehead atoms. The van der Waals surface area contributed by atoms with Crippen molar-refractivity contribution in [1.82, 2.24) is 8.54 Å². The van der Waals surface area contributed by atoms with Gasteiger partial charge < -0.3 is 4.74 Å². The van der Waals surface area contributed by atoms with Crippen LogP contribution in [0.4, 0.5) is 5.69 Å². The van der Waals surface area contributed by atoms with Crippen LogP contribution in [0.2, 0.25) is 0 Å². The van der Waals surface area contributed by atoms with Crippen molar-refractivity contribution in [2.75, 3.05) is 6.61 Å². The molecule has 0 amide bonds. The molecule has 52 heavy (non-hydrogen) atoms. The molecule has 0 saturated heterocycles. The average molecular weight is 733 g/mol. The largest absolute Gasteiger partial charge is 0.463 e.